The van der Waals surface area contributed by atoms with Crippen molar-refractivity contribution in [1.29, 1.82) is 0 Å². The second-order valence-corrected chi connectivity index (χ2v) is 16.8. The maximum absolute atomic E-state index is 13.0. The summed E-state index contributed by atoms with van der Waals surface area (Å²) >= 11 is 0. The first kappa shape index (κ1) is 31.4. The molecule has 44 heavy (non-hydrogen) atoms. The number of aliphatic hydroxyl groups excluding tert-OH is 1. The minimum absolute atomic E-state index is 0.0441. The number of nitrogens with zero attached hydrogens (tertiary/aromatic N) is 2. The van der Waals surface area contributed by atoms with Gasteiger partial charge in [0.05, 0.1) is 19.3 Å². The summed E-state index contributed by atoms with van der Waals surface area (Å²) in [6.07, 6.45) is 12.3. The first-order valence-corrected chi connectivity index (χ1v) is 18.3. The third-order valence-electron chi connectivity index (χ3n) is 14.8. The van der Waals surface area contributed by atoms with Crippen LogP contribution in [0.1, 0.15) is 98.3 Å². The van der Waals surface area contributed by atoms with Crippen LogP contribution in [0.2, 0.25) is 0 Å². The topological polar surface area (TPSA) is 91.3 Å². The highest BCUT2D eigenvalue weighted by Crippen LogP contribution is 2.71. The van der Waals surface area contributed by atoms with Gasteiger partial charge in [0.25, 0.3) is 0 Å². The molecule has 7 aliphatic rings. The van der Waals surface area contributed by atoms with E-state index in [1.165, 1.54) is 44.9 Å². The van der Waals surface area contributed by atoms with Crippen LogP contribution in [-0.4, -0.2) is 90.6 Å². The fraction of sp³-hybridized carbons (Fsp3) is 0.944. The summed E-state index contributed by atoms with van der Waals surface area (Å²) in [5.41, 5.74) is 0.705. The van der Waals surface area contributed by atoms with Crippen LogP contribution in [0.15, 0.2) is 0 Å². The molecule has 7 fully saturated rings. The molecule has 0 radical (unpaired) electrons. The zero-order valence-corrected chi connectivity index (χ0v) is 27.9. The molecule has 248 valence electrons. The molecule has 0 aromatic carbocycles. The molecule has 3 saturated heterocycles. The van der Waals surface area contributed by atoms with Crippen molar-refractivity contribution in [2.24, 2.45) is 52.3 Å². The van der Waals surface area contributed by atoms with E-state index in [1.807, 2.05) is 4.90 Å². The van der Waals surface area contributed by atoms with Gasteiger partial charge in [-0.3, -0.25) is 14.5 Å². The molecule has 4 saturated carbocycles. The van der Waals surface area contributed by atoms with Crippen LogP contribution in [0.3, 0.4) is 0 Å². The highest BCUT2D eigenvalue weighted by atomic mass is 16.7. The van der Waals surface area contributed by atoms with Gasteiger partial charge in [0.2, 0.25) is 11.8 Å². The molecule has 0 bridgehead atoms. The zero-order valence-electron chi connectivity index (χ0n) is 27.9. The smallest absolute Gasteiger partial charge is 0.232 e. The number of aliphatic hydroxyl groups is 1. The predicted octanol–water partition coefficient (Wildman–Crippen LogP) is 4.44. The number of β-amino-alcohol motifs (C(OH)–C–C–N with tert-alkyl or cyclic N) is 1. The average Bonchev–Trinajstić information content (AvgIpc) is 3.45. The average molecular weight is 614 g/mol. The number of carbonyl (C=O) groups excluding carboxylic acids is 2. The molecule has 12 atom stereocenters. The Kier molecular flexibility index (Phi) is 8.41. The number of fused-ring (bicyclic) bond motifs is 7. The van der Waals surface area contributed by atoms with Crippen molar-refractivity contribution in [3.63, 3.8) is 0 Å². The highest BCUT2D eigenvalue weighted by molar-refractivity contribution is 5.97. The van der Waals surface area contributed by atoms with E-state index in [4.69, 9.17) is 14.6 Å². The van der Waals surface area contributed by atoms with Gasteiger partial charge in [-0.15, -0.1) is 0 Å². The summed E-state index contributed by atoms with van der Waals surface area (Å²) < 4.78 is 13.5. The van der Waals surface area contributed by atoms with E-state index >= 15 is 0 Å². The van der Waals surface area contributed by atoms with Crippen LogP contribution >= 0.6 is 0 Å². The quantitative estimate of drug-likeness (QED) is 0.446. The lowest BCUT2D eigenvalue weighted by Crippen LogP contribution is -2.56. The van der Waals surface area contributed by atoms with E-state index in [-0.39, 0.29) is 36.7 Å². The Hall–Kier alpha value is -1.22. The van der Waals surface area contributed by atoms with Crippen molar-refractivity contribution in [2.45, 2.75) is 116 Å². The number of nitrogens with one attached hydrogen (secondary N) is 1. The van der Waals surface area contributed by atoms with Gasteiger partial charge < -0.3 is 24.8 Å². The summed E-state index contributed by atoms with van der Waals surface area (Å²) in [7, 11) is 0. The molecule has 2 N–H and O–H groups in total. The van der Waals surface area contributed by atoms with Crippen molar-refractivity contribution in [1.82, 2.24) is 15.1 Å². The van der Waals surface area contributed by atoms with Crippen molar-refractivity contribution in [3.8, 4) is 0 Å². The zero-order chi connectivity index (χ0) is 30.9. The number of piperazine rings is 1. The molecule has 3 aliphatic heterocycles. The van der Waals surface area contributed by atoms with Crippen LogP contribution < -0.4 is 5.32 Å². The molecule has 1 spiro atoms. The Bertz CT molecular complexity index is 1090. The molecular weight excluding hydrogens is 554 g/mol. The molecule has 3 heterocycles. The fourth-order valence-corrected chi connectivity index (χ4v) is 12.3. The third-order valence-corrected chi connectivity index (χ3v) is 14.8. The van der Waals surface area contributed by atoms with Crippen LogP contribution in [0.4, 0.5) is 0 Å². The van der Waals surface area contributed by atoms with Gasteiger partial charge >= 0.3 is 0 Å². The van der Waals surface area contributed by atoms with Crippen LogP contribution in [0.5, 0.6) is 0 Å². The number of ether oxygens (including phenoxy) is 2. The Morgan fingerprint density at radius 3 is 2.41 bits per heavy atom. The molecule has 0 aromatic rings. The van der Waals surface area contributed by atoms with Gasteiger partial charge in [-0.25, -0.2) is 0 Å². The second-order valence-electron chi connectivity index (χ2n) is 16.8. The predicted molar refractivity (Wildman–Crippen MR) is 168 cm³/mol. The van der Waals surface area contributed by atoms with Gasteiger partial charge in [-0.2, -0.15) is 0 Å². The Morgan fingerprint density at radius 2 is 1.68 bits per heavy atom. The Labute approximate surface area is 265 Å². The van der Waals surface area contributed by atoms with Crippen molar-refractivity contribution in [3.05, 3.63) is 0 Å². The van der Waals surface area contributed by atoms with E-state index in [9.17, 15) is 9.59 Å². The maximum atomic E-state index is 13.0. The number of amides is 2. The molecule has 4 aliphatic carbocycles. The largest absolute Gasteiger partial charge is 0.395 e. The first-order chi connectivity index (χ1) is 21.1. The highest BCUT2D eigenvalue weighted by Gasteiger charge is 2.69. The minimum atomic E-state index is -0.334. The minimum Gasteiger partial charge on any atom is -0.395 e. The standard InChI is InChI=1S/C36H59N3O5/c1-23-7-12-36(43-22-23)24(2)33-30(44-36)20-29-27-6-5-25-19-26(8-10-34(25,3)28(27)9-11-35(29,33)4)37-31(41)21-32(42)39-15-13-38(14-16-39)17-18-40/h23-30,33,40H,5-22H2,1-4H3,(H,37,41)/t23-,24+,25-,26?,27-,28+,29+,30+,33+,34+,35+,36-/m1/s1. The lowest BCUT2D eigenvalue weighted by Gasteiger charge is -2.61. The van der Waals surface area contributed by atoms with Crippen LogP contribution in [0, 0.1) is 52.3 Å². The lowest BCUT2D eigenvalue weighted by molar-refractivity contribution is -0.273. The number of hydrogen-bond acceptors (Lipinski definition) is 6. The normalized spacial score (nSPS) is 48.8. The molecule has 7 rings (SSSR count). The van der Waals surface area contributed by atoms with Gasteiger partial charge in [-0.1, -0.05) is 27.7 Å². The van der Waals surface area contributed by atoms with Crippen LogP contribution in [0.25, 0.3) is 0 Å². The Balaban J connectivity index is 0.943. The maximum Gasteiger partial charge on any atom is 0.232 e. The molecule has 8 nitrogen and oxygen atoms in total. The Morgan fingerprint density at radius 1 is 0.909 bits per heavy atom. The van der Waals surface area contributed by atoms with Crippen molar-refractivity contribution in [2.75, 3.05) is 45.9 Å². The molecule has 1 unspecified atom stereocenters. The van der Waals surface area contributed by atoms with E-state index in [0.717, 1.165) is 56.7 Å². The van der Waals surface area contributed by atoms with Crippen molar-refractivity contribution >= 4 is 11.8 Å². The fourth-order valence-electron chi connectivity index (χ4n) is 12.3. The molecule has 0 aromatic heterocycles. The third kappa shape index (κ3) is 5.16. The summed E-state index contributed by atoms with van der Waals surface area (Å²) in [4.78, 5) is 29.8. The number of carbonyl (C=O) groups is 2. The lowest BCUT2D eigenvalue weighted by atomic mass is 9.44. The summed E-state index contributed by atoms with van der Waals surface area (Å²) in [5, 5.41) is 12.4. The molecule has 8 heteroatoms. The van der Waals surface area contributed by atoms with Gasteiger partial charge in [0.15, 0.2) is 5.79 Å². The SMILES string of the molecule is C[C@@H]1CC[C@@]2(OC1)O[C@H]1C[C@H]3[C@@H]4CC[C@@H]5CC(NC(=O)CC(=O)N6CCN(CCO)CC6)CC[C@]5(C)[C@H]4CC[C@]3(C)[C@H]1[C@@H]2C. The number of hydrogen-bond donors (Lipinski definition) is 2. The van der Waals surface area contributed by atoms with Crippen molar-refractivity contribution < 1.29 is 24.2 Å². The summed E-state index contributed by atoms with van der Waals surface area (Å²) in [6, 6.07) is 0.190. The first-order valence-electron chi connectivity index (χ1n) is 18.3. The van der Waals surface area contributed by atoms with Gasteiger partial charge in [0, 0.05) is 51.1 Å². The van der Waals surface area contributed by atoms with Gasteiger partial charge in [0.1, 0.15) is 6.42 Å². The monoisotopic (exact) mass is 613 g/mol. The molecule has 2 amide bonds. The van der Waals surface area contributed by atoms with E-state index in [2.05, 4.69) is 37.9 Å². The van der Waals surface area contributed by atoms with E-state index in [1.54, 1.807) is 0 Å². The second kappa shape index (κ2) is 11.8. The van der Waals surface area contributed by atoms with E-state index in [0.29, 0.717) is 60.2 Å². The molecular formula is C36H59N3O5. The van der Waals surface area contributed by atoms with E-state index < -0.39 is 0 Å². The van der Waals surface area contributed by atoms with Gasteiger partial charge in [-0.05, 0) is 104 Å². The summed E-state index contributed by atoms with van der Waals surface area (Å²) in [5.74, 6) is 4.20. The summed E-state index contributed by atoms with van der Waals surface area (Å²) in [6.45, 7) is 14.4. The number of rotatable bonds is 5. The van der Waals surface area contributed by atoms with Crippen LogP contribution in [-0.2, 0) is 19.1 Å².